The summed E-state index contributed by atoms with van der Waals surface area (Å²) in [6, 6.07) is 15.7. The number of halogens is 1. The van der Waals surface area contributed by atoms with Crippen LogP contribution in [0.1, 0.15) is 43.5 Å². The Morgan fingerprint density at radius 2 is 1.48 bits per heavy atom. The molecule has 0 bridgehead atoms. The van der Waals surface area contributed by atoms with Crippen molar-refractivity contribution in [3.8, 4) is 0 Å². The second kappa shape index (κ2) is 7.37. The van der Waals surface area contributed by atoms with Crippen LogP contribution in [-0.2, 0) is 13.0 Å². The zero-order valence-corrected chi connectivity index (χ0v) is 13.1. The molecule has 21 heavy (non-hydrogen) atoms. The van der Waals surface area contributed by atoms with Crippen LogP contribution in [0.15, 0.2) is 48.5 Å². The lowest BCUT2D eigenvalue weighted by Crippen LogP contribution is -2.25. The van der Waals surface area contributed by atoms with Gasteiger partial charge >= 0.3 is 0 Å². The van der Waals surface area contributed by atoms with Crippen molar-refractivity contribution in [2.45, 2.75) is 39.8 Å². The zero-order chi connectivity index (χ0) is 15.2. The molecule has 0 saturated carbocycles. The summed E-state index contributed by atoms with van der Waals surface area (Å²) in [6.07, 6.45) is 1.07. The quantitative estimate of drug-likeness (QED) is 0.798. The van der Waals surface area contributed by atoms with Gasteiger partial charge in [-0.2, -0.15) is 0 Å². The minimum atomic E-state index is -0.184. The molecule has 0 aromatic heterocycles. The van der Waals surface area contributed by atoms with Gasteiger partial charge in [0.25, 0.3) is 0 Å². The third-order valence-electron chi connectivity index (χ3n) is 3.85. The van der Waals surface area contributed by atoms with Crippen molar-refractivity contribution in [3.63, 3.8) is 0 Å². The monoisotopic (exact) mass is 285 g/mol. The Hall–Kier alpha value is -1.67. The van der Waals surface area contributed by atoms with E-state index in [1.165, 1.54) is 23.3 Å². The first kappa shape index (κ1) is 15.7. The van der Waals surface area contributed by atoms with Crippen LogP contribution in [0, 0.1) is 11.7 Å². The Bertz CT molecular complexity index is 543. The van der Waals surface area contributed by atoms with E-state index in [2.05, 4.69) is 50.4 Å². The van der Waals surface area contributed by atoms with E-state index in [9.17, 15) is 4.39 Å². The largest absolute Gasteiger partial charge is 0.306 e. The average Bonchev–Trinajstić information content (AvgIpc) is 2.49. The highest BCUT2D eigenvalue weighted by molar-refractivity contribution is 5.24. The summed E-state index contributed by atoms with van der Waals surface area (Å²) >= 11 is 0. The molecule has 1 atom stereocenters. The maximum Gasteiger partial charge on any atom is 0.123 e. The predicted octanol–water partition coefficient (Wildman–Crippen LogP) is 4.88. The van der Waals surface area contributed by atoms with Gasteiger partial charge in [0.15, 0.2) is 0 Å². The average molecular weight is 285 g/mol. The van der Waals surface area contributed by atoms with Gasteiger partial charge in [-0.3, -0.25) is 0 Å². The normalized spacial score (nSPS) is 12.6. The highest BCUT2D eigenvalue weighted by Crippen LogP contribution is 2.22. The van der Waals surface area contributed by atoms with Crippen molar-refractivity contribution in [3.05, 3.63) is 71.0 Å². The van der Waals surface area contributed by atoms with Crippen molar-refractivity contribution in [1.29, 1.82) is 0 Å². The first-order valence-electron chi connectivity index (χ1n) is 7.66. The Labute approximate surface area is 127 Å². The third kappa shape index (κ3) is 4.40. The first-order valence-corrected chi connectivity index (χ1v) is 7.66. The van der Waals surface area contributed by atoms with Crippen molar-refractivity contribution in [1.82, 2.24) is 5.32 Å². The van der Waals surface area contributed by atoms with E-state index < -0.39 is 0 Å². The van der Waals surface area contributed by atoms with Crippen LogP contribution in [0.25, 0.3) is 0 Å². The number of aryl methyl sites for hydroxylation is 1. The molecule has 1 nitrogen and oxygen atoms in total. The molecule has 2 rings (SSSR count). The van der Waals surface area contributed by atoms with Gasteiger partial charge in [-0.1, -0.05) is 57.2 Å². The molecule has 0 aliphatic heterocycles. The van der Waals surface area contributed by atoms with Gasteiger partial charge in [0.05, 0.1) is 0 Å². The van der Waals surface area contributed by atoms with Gasteiger partial charge in [0.1, 0.15) is 5.82 Å². The molecule has 0 amide bonds. The molecule has 2 heteroatoms. The highest BCUT2D eigenvalue weighted by atomic mass is 19.1. The second-order valence-corrected chi connectivity index (χ2v) is 5.82. The predicted molar refractivity (Wildman–Crippen MR) is 86.6 cm³/mol. The molecule has 1 N–H and O–H groups in total. The Balaban J connectivity index is 2.04. The summed E-state index contributed by atoms with van der Waals surface area (Å²) in [6.45, 7) is 7.35. The SMILES string of the molecule is CCc1ccc(CNC(c2ccc(F)cc2)C(C)C)cc1. The minimum Gasteiger partial charge on any atom is -0.306 e. The maximum atomic E-state index is 13.1. The summed E-state index contributed by atoms with van der Waals surface area (Å²) in [7, 11) is 0. The molecule has 0 fully saturated rings. The van der Waals surface area contributed by atoms with Gasteiger partial charge in [-0.15, -0.1) is 0 Å². The minimum absolute atomic E-state index is 0.184. The van der Waals surface area contributed by atoms with Crippen LogP contribution < -0.4 is 5.32 Å². The van der Waals surface area contributed by atoms with Crippen molar-refractivity contribution >= 4 is 0 Å². The molecule has 2 aromatic carbocycles. The molecule has 1 unspecified atom stereocenters. The number of rotatable bonds is 6. The van der Waals surface area contributed by atoms with Gasteiger partial charge in [0, 0.05) is 12.6 Å². The summed E-state index contributed by atoms with van der Waals surface area (Å²) in [5.74, 6) is 0.266. The number of benzene rings is 2. The molecule has 2 aromatic rings. The van der Waals surface area contributed by atoms with Crippen LogP contribution in [0.5, 0.6) is 0 Å². The molecule has 0 radical (unpaired) electrons. The van der Waals surface area contributed by atoms with Crippen LogP contribution in [-0.4, -0.2) is 0 Å². The number of hydrogen-bond acceptors (Lipinski definition) is 1. The highest BCUT2D eigenvalue weighted by Gasteiger charge is 2.15. The second-order valence-electron chi connectivity index (χ2n) is 5.82. The van der Waals surface area contributed by atoms with Crippen molar-refractivity contribution in [2.24, 2.45) is 5.92 Å². The van der Waals surface area contributed by atoms with Crippen LogP contribution in [0.2, 0.25) is 0 Å². The Kier molecular flexibility index (Phi) is 5.51. The Morgan fingerprint density at radius 1 is 0.905 bits per heavy atom. The smallest absolute Gasteiger partial charge is 0.123 e. The fourth-order valence-electron chi connectivity index (χ4n) is 2.53. The van der Waals surface area contributed by atoms with Gasteiger partial charge in [0.2, 0.25) is 0 Å². The summed E-state index contributed by atoms with van der Waals surface area (Å²) in [5.41, 5.74) is 3.77. The summed E-state index contributed by atoms with van der Waals surface area (Å²) in [5, 5.41) is 3.59. The standard InChI is InChI=1S/C19H24FN/c1-4-15-5-7-16(8-6-15)13-21-19(14(2)3)17-9-11-18(20)12-10-17/h5-12,14,19,21H,4,13H2,1-3H3. The van der Waals surface area contributed by atoms with Gasteiger partial charge in [-0.05, 0) is 41.2 Å². The molecular weight excluding hydrogens is 261 g/mol. The molecular formula is C19H24FN. The van der Waals surface area contributed by atoms with E-state index >= 15 is 0 Å². The fraction of sp³-hybridized carbons (Fsp3) is 0.368. The van der Waals surface area contributed by atoms with Crippen LogP contribution in [0.4, 0.5) is 4.39 Å². The summed E-state index contributed by atoms with van der Waals surface area (Å²) in [4.78, 5) is 0. The van der Waals surface area contributed by atoms with E-state index in [1.807, 2.05) is 12.1 Å². The first-order chi connectivity index (χ1) is 10.1. The molecule has 0 aliphatic carbocycles. The van der Waals surface area contributed by atoms with E-state index in [4.69, 9.17) is 0 Å². The lowest BCUT2D eigenvalue weighted by Gasteiger charge is -2.23. The van der Waals surface area contributed by atoms with E-state index in [1.54, 1.807) is 0 Å². The fourth-order valence-corrected chi connectivity index (χ4v) is 2.53. The topological polar surface area (TPSA) is 12.0 Å². The molecule has 112 valence electrons. The third-order valence-corrected chi connectivity index (χ3v) is 3.85. The van der Waals surface area contributed by atoms with E-state index in [0.717, 1.165) is 18.5 Å². The molecule has 0 heterocycles. The zero-order valence-electron chi connectivity index (χ0n) is 13.1. The lowest BCUT2D eigenvalue weighted by atomic mass is 9.95. The number of hydrogen-bond donors (Lipinski definition) is 1. The van der Waals surface area contributed by atoms with Gasteiger partial charge < -0.3 is 5.32 Å². The molecule has 0 saturated heterocycles. The molecule has 0 aliphatic rings. The van der Waals surface area contributed by atoms with Crippen LogP contribution in [0.3, 0.4) is 0 Å². The molecule has 0 spiro atoms. The van der Waals surface area contributed by atoms with Crippen molar-refractivity contribution < 1.29 is 4.39 Å². The van der Waals surface area contributed by atoms with Crippen molar-refractivity contribution in [2.75, 3.05) is 0 Å². The lowest BCUT2D eigenvalue weighted by molar-refractivity contribution is 0.410. The van der Waals surface area contributed by atoms with E-state index in [0.29, 0.717) is 5.92 Å². The van der Waals surface area contributed by atoms with Crippen LogP contribution >= 0.6 is 0 Å². The van der Waals surface area contributed by atoms with E-state index in [-0.39, 0.29) is 11.9 Å². The maximum absolute atomic E-state index is 13.1. The summed E-state index contributed by atoms with van der Waals surface area (Å²) < 4.78 is 13.1. The number of nitrogens with one attached hydrogen (secondary N) is 1. The van der Waals surface area contributed by atoms with Gasteiger partial charge in [-0.25, -0.2) is 4.39 Å². The Morgan fingerprint density at radius 3 is 2.00 bits per heavy atom.